The van der Waals surface area contributed by atoms with Gasteiger partial charge in [-0.05, 0) is 43.4 Å². The fraction of sp³-hybridized carbons (Fsp3) is 0.500. The van der Waals surface area contributed by atoms with Gasteiger partial charge in [-0.1, -0.05) is 12.1 Å². The SMILES string of the molecule is CCOC(=O)c1nn(CC2CC2)c2c1CN(Cc1ccc(O)cc1)CC2. The normalized spacial score (nSPS) is 17.1. The molecule has 0 radical (unpaired) electrons. The van der Waals surface area contributed by atoms with E-state index in [1.54, 1.807) is 12.1 Å². The number of carbonyl (C=O) groups excluding carboxylic acids is 1. The lowest BCUT2D eigenvalue weighted by atomic mass is 10.0. The fourth-order valence-electron chi connectivity index (χ4n) is 3.60. The van der Waals surface area contributed by atoms with Crippen molar-refractivity contribution in [2.75, 3.05) is 13.2 Å². The lowest BCUT2D eigenvalue weighted by Crippen LogP contribution is -2.31. The van der Waals surface area contributed by atoms with E-state index >= 15 is 0 Å². The van der Waals surface area contributed by atoms with E-state index in [2.05, 4.69) is 14.7 Å². The molecule has 138 valence electrons. The van der Waals surface area contributed by atoms with Gasteiger partial charge in [-0.3, -0.25) is 9.58 Å². The third kappa shape index (κ3) is 3.60. The summed E-state index contributed by atoms with van der Waals surface area (Å²) in [6.07, 6.45) is 3.42. The minimum Gasteiger partial charge on any atom is -0.508 e. The molecule has 0 bridgehead atoms. The van der Waals surface area contributed by atoms with Crippen LogP contribution in [0.25, 0.3) is 0 Å². The van der Waals surface area contributed by atoms with Gasteiger partial charge in [0.2, 0.25) is 0 Å². The Bertz CT molecular complexity index is 793. The Morgan fingerprint density at radius 2 is 2.08 bits per heavy atom. The van der Waals surface area contributed by atoms with Crippen molar-refractivity contribution in [1.29, 1.82) is 0 Å². The van der Waals surface area contributed by atoms with Gasteiger partial charge in [0, 0.05) is 43.9 Å². The molecule has 0 saturated heterocycles. The lowest BCUT2D eigenvalue weighted by Gasteiger charge is -2.27. The monoisotopic (exact) mass is 355 g/mol. The summed E-state index contributed by atoms with van der Waals surface area (Å²) in [5, 5.41) is 14.1. The van der Waals surface area contributed by atoms with Gasteiger partial charge in [0.25, 0.3) is 0 Å². The maximum absolute atomic E-state index is 12.4. The maximum Gasteiger partial charge on any atom is 0.359 e. The lowest BCUT2D eigenvalue weighted by molar-refractivity contribution is 0.0515. The highest BCUT2D eigenvalue weighted by Crippen LogP contribution is 2.33. The second kappa shape index (κ2) is 7.11. The van der Waals surface area contributed by atoms with Gasteiger partial charge in [0.1, 0.15) is 5.75 Å². The van der Waals surface area contributed by atoms with Crippen molar-refractivity contribution in [1.82, 2.24) is 14.7 Å². The van der Waals surface area contributed by atoms with Crippen molar-refractivity contribution in [3.63, 3.8) is 0 Å². The molecule has 4 rings (SSSR count). The van der Waals surface area contributed by atoms with E-state index in [0.717, 1.165) is 37.2 Å². The van der Waals surface area contributed by atoms with Crippen LogP contribution in [-0.2, 0) is 30.8 Å². The van der Waals surface area contributed by atoms with E-state index in [1.165, 1.54) is 18.5 Å². The number of rotatable bonds is 6. The van der Waals surface area contributed by atoms with Gasteiger partial charge in [-0.15, -0.1) is 0 Å². The third-order valence-corrected chi connectivity index (χ3v) is 5.15. The molecule has 2 aliphatic rings. The Hall–Kier alpha value is -2.34. The van der Waals surface area contributed by atoms with Crippen LogP contribution in [0, 0.1) is 5.92 Å². The fourth-order valence-corrected chi connectivity index (χ4v) is 3.60. The molecule has 1 aromatic heterocycles. The number of esters is 1. The molecule has 1 aromatic carbocycles. The average Bonchev–Trinajstić information content (AvgIpc) is 3.38. The number of nitrogens with zero attached hydrogens (tertiary/aromatic N) is 3. The number of aromatic hydroxyl groups is 1. The summed E-state index contributed by atoms with van der Waals surface area (Å²) in [6.45, 7) is 5.53. The number of fused-ring (bicyclic) bond motifs is 1. The van der Waals surface area contributed by atoms with Gasteiger partial charge < -0.3 is 9.84 Å². The number of hydrogen-bond donors (Lipinski definition) is 1. The van der Waals surface area contributed by atoms with Crippen LogP contribution in [0.1, 0.15) is 47.1 Å². The molecule has 0 spiro atoms. The van der Waals surface area contributed by atoms with Gasteiger partial charge in [0.15, 0.2) is 5.69 Å². The first-order valence-electron chi connectivity index (χ1n) is 9.40. The zero-order valence-corrected chi connectivity index (χ0v) is 15.1. The van der Waals surface area contributed by atoms with Crippen LogP contribution in [0.15, 0.2) is 24.3 Å². The number of hydrogen-bond acceptors (Lipinski definition) is 5. The van der Waals surface area contributed by atoms with Crippen LogP contribution in [0.3, 0.4) is 0 Å². The standard InChI is InChI=1S/C20H25N3O3/c1-2-26-20(25)19-17-13-22(11-14-5-7-16(24)8-6-14)10-9-18(17)23(21-19)12-15-3-4-15/h5-8,15,24H,2-4,9-13H2,1H3. The molecular formula is C20H25N3O3. The zero-order valence-electron chi connectivity index (χ0n) is 15.1. The average molecular weight is 355 g/mol. The minimum absolute atomic E-state index is 0.278. The first kappa shape index (κ1) is 17.1. The molecule has 1 fully saturated rings. The molecule has 0 amide bonds. The maximum atomic E-state index is 12.4. The van der Waals surface area contributed by atoms with Gasteiger partial charge >= 0.3 is 5.97 Å². The van der Waals surface area contributed by atoms with Crippen molar-refractivity contribution >= 4 is 5.97 Å². The molecule has 6 nitrogen and oxygen atoms in total. The van der Waals surface area contributed by atoms with Gasteiger partial charge in [0.05, 0.1) is 6.61 Å². The first-order chi connectivity index (χ1) is 12.6. The van der Waals surface area contributed by atoms with Crippen LogP contribution in [-0.4, -0.2) is 38.9 Å². The van der Waals surface area contributed by atoms with E-state index in [1.807, 2.05) is 19.1 Å². The summed E-state index contributed by atoms with van der Waals surface area (Å²) in [4.78, 5) is 14.7. The Morgan fingerprint density at radius 1 is 1.31 bits per heavy atom. The molecule has 1 saturated carbocycles. The van der Waals surface area contributed by atoms with Crippen molar-refractivity contribution < 1.29 is 14.6 Å². The summed E-state index contributed by atoms with van der Waals surface area (Å²) < 4.78 is 7.29. The minimum atomic E-state index is -0.315. The Kier molecular flexibility index (Phi) is 4.68. The summed E-state index contributed by atoms with van der Waals surface area (Å²) >= 11 is 0. The Morgan fingerprint density at radius 3 is 2.77 bits per heavy atom. The molecule has 1 aliphatic heterocycles. The molecule has 1 N–H and O–H groups in total. The second-order valence-corrected chi connectivity index (χ2v) is 7.25. The molecule has 2 heterocycles. The summed E-state index contributed by atoms with van der Waals surface area (Å²) in [5.74, 6) is 0.675. The quantitative estimate of drug-likeness (QED) is 0.807. The van der Waals surface area contributed by atoms with Crippen molar-refractivity contribution in [2.45, 2.75) is 45.8 Å². The molecule has 2 aromatic rings. The highest BCUT2D eigenvalue weighted by atomic mass is 16.5. The first-order valence-corrected chi connectivity index (χ1v) is 9.40. The van der Waals surface area contributed by atoms with Crippen molar-refractivity contribution in [2.24, 2.45) is 5.92 Å². The Labute approximate surface area is 153 Å². The highest BCUT2D eigenvalue weighted by molar-refractivity contribution is 5.89. The summed E-state index contributed by atoms with van der Waals surface area (Å²) in [5.41, 5.74) is 3.85. The van der Waals surface area contributed by atoms with Crippen LogP contribution in [0.2, 0.25) is 0 Å². The van der Waals surface area contributed by atoms with Crippen LogP contribution < -0.4 is 0 Å². The van der Waals surface area contributed by atoms with Crippen molar-refractivity contribution in [3.8, 4) is 5.75 Å². The van der Waals surface area contributed by atoms with Crippen LogP contribution in [0.5, 0.6) is 5.75 Å². The largest absolute Gasteiger partial charge is 0.508 e. The zero-order chi connectivity index (χ0) is 18.1. The molecule has 6 heteroatoms. The van der Waals surface area contributed by atoms with Gasteiger partial charge in [-0.25, -0.2) is 4.79 Å². The van der Waals surface area contributed by atoms with Gasteiger partial charge in [-0.2, -0.15) is 5.10 Å². The predicted octanol–water partition coefficient (Wildman–Crippen LogP) is 2.73. The number of phenolic OH excluding ortho intramolecular Hbond substituents is 1. The number of phenols is 1. The number of carbonyl (C=O) groups is 1. The molecule has 0 atom stereocenters. The van der Waals surface area contributed by atoms with E-state index in [4.69, 9.17) is 4.74 Å². The smallest absolute Gasteiger partial charge is 0.359 e. The summed E-state index contributed by atoms with van der Waals surface area (Å²) in [7, 11) is 0. The van der Waals surface area contributed by atoms with Crippen LogP contribution in [0.4, 0.5) is 0 Å². The predicted molar refractivity (Wildman–Crippen MR) is 96.8 cm³/mol. The summed E-state index contributed by atoms with van der Waals surface area (Å²) in [6, 6.07) is 7.30. The molecule has 0 unspecified atom stereocenters. The molecular weight excluding hydrogens is 330 g/mol. The number of benzene rings is 1. The van der Waals surface area contributed by atoms with Crippen molar-refractivity contribution in [3.05, 3.63) is 46.8 Å². The molecule has 26 heavy (non-hydrogen) atoms. The van der Waals surface area contributed by atoms with E-state index in [-0.39, 0.29) is 11.7 Å². The highest BCUT2D eigenvalue weighted by Gasteiger charge is 2.31. The Balaban J connectivity index is 1.56. The third-order valence-electron chi connectivity index (χ3n) is 5.15. The van der Waals surface area contributed by atoms with Crippen LogP contribution >= 0.6 is 0 Å². The van der Waals surface area contributed by atoms with E-state index in [9.17, 15) is 9.90 Å². The number of ether oxygens (including phenoxy) is 1. The van der Waals surface area contributed by atoms with E-state index in [0.29, 0.717) is 24.8 Å². The molecule has 1 aliphatic carbocycles. The van der Waals surface area contributed by atoms with E-state index < -0.39 is 0 Å². The topological polar surface area (TPSA) is 67.6 Å². The number of aromatic nitrogens is 2. The second-order valence-electron chi connectivity index (χ2n) is 7.25.